The Labute approximate surface area is 114 Å². The molecule has 0 bridgehead atoms. The third kappa shape index (κ3) is 3.33. The summed E-state index contributed by atoms with van der Waals surface area (Å²) in [7, 11) is 0. The first-order chi connectivity index (χ1) is 9.12. The average molecular weight is 280 g/mol. The highest BCUT2D eigenvalue weighted by molar-refractivity contribution is 7.98. The number of hydrazine groups is 1. The van der Waals surface area contributed by atoms with Crippen LogP contribution in [0.25, 0.3) is 0 Å². The van der Waals surface area contributed by atoms with E-state index < -0.39 is 0 Å². The van der Waals surface area contributed by atoms with Crippen molar-refractivity contribution in [2.45, 2.75) is 12.1 Å². The van der Waals surface area contributed by atoms with Gasteiger partial charge in [-0.2, -0.15) is 4.98 Å². The fourth-order valence-electron chi connectivity index (χ4n) is 1.46. The monoisotopic (exact) mass is 280 g/mol. The number of thioether (sulfide) groups is 1. The molecule has 1 aromatic heterocycles. The Morgan fingerprint density at radius 3 is 2.74 bits per heavy atom. The van der Waals surface area contributed by atoms with Gasteiger partial charge in [0.2, 0.25) is 5.88 Å². The van der Waals surface area contributed by atoms with Gasteiger partial charge in [-0.3, -0.25) is 0 Å². The standard InChI is InChI=1S/C12H13FN4OS/c1-7-5-8(13)3-4-9(7)18-11-6-10(17-14)15-12(16-11)19-2/h3-6H,14H2,1-2H3,(H,15,16,17). The van der Waals surface area contributed by atoms with Crippen LogP contribution in [-0.2, 0) is 0 Å². The van der Waals surface area contributed by atoms with Crippen LogP contribution < -0.4 is 16.0 Å². The van der Waals surface area contributed by atoms with Crippen LogP contribution in [0.3, 0.4) is 0 Å². The zero-order chi connectivity index (χ0) is 13.8. The second-order valence-electron chi connectivity index (χ2n) is 3.73. The van der Waals surface area contributed by atoms with Crippen LogP contribution >= 0.6 is 11.8 Å². The molecule has 3 N–H and O–H groups in total. The minimum absolute atomic E-state index is 0.304. The molecule has 5 nitrogen and oxygen atoms in total. The highest BCUT2D eigenvalue weighted by Crippen LogP contribution is 2.26. The van der Waals surface area contributed by atoms with Crippen LogP contribution in [-0.4, -0.2) is 16.2 Å². The summed E-state index contributed by atoms with van der Waals surface area (Å²) < 4.78 is 18.6. The number of nitrogens with zero attached hydrogens (tertiary/aromatic N) is 2. The molecule has 0 fully saturated rings. The van der Waals surface area contributed by atoms with Crippen LogP contribution in [0.2, 0.25) is 0 Å². The number of benzene rings is 1. The second-order valence-corrected chi connectivity index (χ2v) is 4.51. The van der Waals surface area contributed by atoms with E-state index in [1.807, 2.05) is 6.26 Å². The molecule has 0 radical (unpaired) electrons. The van der Waals surface area contributed by atoms with Crippen molar-refractivity contribution >= 4 is 17.6 Å². The molecule has 1 aromatic carbocycles. The summed E-state index contributed by atoms with van der Waals surface area (Å²) in [6, 6.07) is 5.86. The number of aromatic nitrogens is 2. The van der Waals surface area contributed by atoms with E-state index in [9.17, 15) is 4.39 Å². The van der Waals surface area contributed by atoms with E-state index in [1.165, 1.54) is 23.9 Å². The van der Waals surface area contributed by atoms with Crippen molar-refractivity contribution in [1.82, 2.24) is 9.97 Å². The Bertz CT molecular complexity index is 572. The zero-order valence-electron chi connectivity index (χ0n) is 10.5. The summed E-state index contributed by atoms with van der Waals surface area (Å²) in [5.74, 6) is 6.37. The molecule has 2 rings (SSSR count). The van der Waals surface area contributed by atoms with E-state index in [4.69, 9.17) is 10.6 Å². The number of nitrogens with one attached hydrogen (secondary N) is 1. The molecule has 7 heteroatoms. The molecule has 0 atom stereocenters. The Morgan fingerprint density at radius 2 is 2.11 bits per heavy atom. The van der Waals surface area contributed by atoms with Crippen molar-refractivity contribution < 1.29 is 9.13 Å². The second kappa shape index (κ2) is 5.85. The van der Waals surface area contributed by atoms with Crippen LogP contribution in [0.5, 0.6) is 11.6 Å². The third-order valence-electron chi connectivity index (χ3n) is 2.36. The maximum absolute atomic E-state index is 13.0. The van der Waals surface area contributed by atoms with Crippen molar-refractivity contribution in [3.8, 4) is 11.6 Å². The lowest BCUT2D eigenvalue weighted by Crippen LogP contribution is -2.09. The molecule has 0 unspecified atom stereocenters. The summed E-state index contributed by atoms with van der Waals surface area (Å²) in [4.78, 5) is 8.32. The van der Waals surface area contributed by atoms with Gasteiger partial charge in [0.05, 0.1) is 0 Å². The van der Waals surface area contributed by atoms with Gasteiger partial charge in [0.1, 0.15) is 17.4 Å². The lowest BCUT2D eigenvalue weighted by Gasteiger charge is -2.09. The highest BCUT2D eigenvalue weighted by atomic mass is 32.2. The molecule has 0 saturated heterocycles. The maximum Gasteiger partial charge on any atom is 0.225 e. The van der Waals surface area contributed by atoms with Crippen molar-refractivity contribution in [2.75, 3.05) is 11.7 Å². The summed E-state index contributed by atoms with van der Waals surface area (Å²) in [6.45, 7) is 1.76. The Morgan fingerprint density at radius 1 is 1.32 bits per heavy atom. The average Bonchev–Trinajstić information content (AvgIpc) is 2.41. The fraction of sp³-hybridized carbons (Fsp3) is 0.167. The molecular weight excluding hydrogens is 267 g/mol. The number of anilines is 1. The van der Waals surface area contributed by atoms with Crippen molar-refractivity contribution in [1.29, 1.82) is 0 Å². The Balaban J connectivity index is 2.31. The number of ether oxygens (including phenoxy) is 1. The van der Waals surface area contributed by atoms with Gasteiger partial charge in [-0.15, -0.1) is 0 Å². The minimum Gasteiger partial charge on any atom is -0.439 e. The number of rotatable bonds is 4. The van der Waals surface area contributed by atoms with E-state index in [2.05, 4.69) is 15.4 Å². The number of hydrogen-bond donors (Lipinski definition) is 2. The molecule has 2 aromatic rings. The molecule has 0 amide bonds. The van der Waals surface area contributed by atoms with Crippen LogP contribution in [0.4, 0.5) is 10.2 Å². The summed E-state index contributed by atoms with van der Waals surface area (Å²) in [5.41, 5.74) is 3.13. The summed E-state index contributed by atoms with van der Waals surface area (Å²) in [5, 5.41) is 0.533. The van der Waals surface area contributed by atoms with Gasteiger partial charge in [-0.05, 0) is 36.9 Å². The lowest BCUT2D eigenvalue weighted by atomic mass is 10.2. The summed E-state index contributed by atoms with van der Waals surface area (Å²) in [6.07, 6.45) is 1.85. The predicted molar refractivity (Wildman–Crippen MR) is 72.8 cm³/mol. The minimum atomic E-state index is -0.304. The van der Waals surface area contributed by atoms with E-state index >= 15 is 0 Å². The first kappa shape index (κ1) is 13.6. The normalized spacial score (nSPS) is 10.3. The Kier molecular flexibility index (Phi) is 4.18. The number of nitrogens with two attached hydrogens (primary N) is 1. The molecule has 100 valence electrons. The van der Waals surface area contributed by atoms with Gasteiger partial charge < -0.3 is 10.2 Å². The van der Waals surface area contributed by atoms with Gasteiger partial charge >= 0.3 is 0 Å². The van der Waals surface area contributed by atoms with Crippen LogP contribution in [0.1, 0.15) is 5.56 Å². The van der Waals surface area contributed by atoms with Crippen molar-refractivity contribution in [3.63, 3.8) is 0 Å². The molecule has 0 saturated carbocycles. The number of hydrogen-bond acceptors (Lipinski definition) is 6. The fourth-order valence-corrected chi connectivity index (χ4v) is 1.83. The SMILES string of the molecule is CSc1nc(NN)cc(Oc2ccc(F)cc2C)n1. The van der Waals surface area contributed by atoms with Crippen molar-refractivity contribution in [3.05, 3.63) is 35.6 Å². The lowest BCUT2D eigenvalue weighted by molar-refractivity contribution is 0.451. The van der Waals surface area contributed by atoms with Gasteiger partial charge in [0.25, 0.3) is 0 Å². The van der Waals surface area contributed by atoms with Crippen LogP contribution in [0.15, 0.2) is 29.4 Å². The highest BCUT2D eigenvalue weighted by Gasteiger charge is 2.07. The largest absolute Gasteiger partial charge is 0.439 e. The molecule has 0 aliphatic rings. The van der Waals surface area contributed by atoms with E-state index in [0.29, 0.717) is 28.2 Å². The van der Waals surface area contributed by atoms with E-state index in [1.54, 1.807) is 19.1 Å². The third-order valence-corrected chi connectivity index (χ3v) is 2.91. The maximum atomic E-state index is 13.0. The number of nitrogen functional groups attached to an aromatic ring is 1. The van der Waals surface area contributed by atoms with E-state index in [-0.39, 0.29) is 5.82 Å². The molecule has 0 aliphatic carbocycles. The summed E-state index contributed by atoms with van der Waals surface area (Å²) >= 11 is 1.37. The van der Waals surface area contributed by atoms with Crippen LogP contribution in [0, 0.1) is 12.7 Å². The molecule has 0 spiro atoms. The van der Waals surface area contributed by atoms with Gasteiger partial charge in [-0.1, -0.05) is 11.8 Å². The van der Waals surface area contributed by atoms with Gasteiger partial charge in [0.15, 0.2) is 5.16 Å². The smallest absolute Gasteiger partial charge is 0.225 e. The number of aryl methyl sites for hydroxylation is 1. The van der Waals surface area contributed by atoms with Gasteiger partial charge in [0, 0.05) is 6.07 Å². The topological polar surface area (TPSA) is 73.1 Å². The molecule has 1 heterocycles. The first-order valence-corrected chi connectivity index (χ1v) is 6.68. The predicted octanol–water partition coefficient (Wildman–Crippen LogP) is 2.72. The number of halogens is 1. The van der Waals surface area contributed by atoms with Gasteiger partial charge in [-0.25, -0.2) is 15.2 Å². The first-order valence-electron chi connectivity index (χ1n) is 5.46. The van der Waals surface area contributed by atoms with Crippen molar-refractivity contribution in [2.24, 2.45) is 5.84 Å². The van der Waals surface area contributed by atoms with E-state index in [0.717, 1.165) is 0 Å². The molecule has 0 aliphatic heterocycles. The quantitative estimate of drug-likeness (QED) is 0.388. The molecular formula is C12H13FN4OS. The zero-order valence-corrected chi connectivity index (χ0v) is 11.3. The molecule has 19 heavy (non-hydrogen) atoms. The Hall–Kier alpha value is -1.86.